The topological polar surface area (TPSA) is 53.5 Å². The van der Waals surface area contributed by atoms with Gasteiger partial charge in [-0.15, -0.1) is 24.0 Å². The molecule has 0 saturated heterocycles. The van der Waals surface area contributed by atoms with Gasteiger partial charge in [0.15, 0.2) is 5.96 Å². The molecule has 1 rings (SSSR count). The Bertz CT molecular complexity index is 369. The minimum absolute atomic E-state index is 0. The second-order valence-corrected chi connectivity index (χ2v) is 9.11. The molecule has 0 aliphatic heterocycles. The Labute approximate surface area is 156 Å². The molecule has 3 atom stereocenters. The maximum Gasteiger partial charge on any atom is 0.191 e. The molecule has 4 nitrogen and oxygen atoms in total. The van der Waals surface area contributed by atoms with E-state index in [4.69, 9.17) is 0 Å². The van der Waals surface area contributed by atoms with E-state index >= 15 is 0 Å². The predicted molar refractivity (Wildman–Crippen MR) is 109 cm³/mol. The Morgan fingerprint density at radius 1 is 1.32 bits per heavy atom. The predicted octanol–water partition coefficient (Wildman–Crippen LogP) is 3.29. The van der Waals surface area contributed by atoms with Crippen LogP contribution in [0.3, 0.4) is 0 Å². The summed E-state index contributed by atoms with van der Waals surface area (Å²) in [6.07, 6.45) is 5.53. The molecule has 3 unspecified atom stereocenters. The molecule has 6 heteroatoms. The van der Waals surface area contributed by atoms with Crippen LogP contribution in [0.1, 0.15) is 59.8 Å². The van der Waals surface area contributed by atoms with Gasteiger partial charge in [-0.05, 0) is 31.1 Å². The smallest absolute Gasteiger partial charge is 0.191 e. The zero-order valence-corrected chi connectivity index (χ0v) is 17.9. The van der Waals surface area contributed by atoms with Crippen molar-refractivity contribution in [2.75, 3.05) is 19.3 Å². The van der Waals surface area contributed by atoms with Crippen LogP contribution < -0.4 is 10.6 Å². The summed E-state index contributed by atoms with van der Waals surface area (Å²) in [5, 5.41) is 7.26. The summed E-state index contributed by atoms with van der Waals surface area (Å²) in [5.74, 6) is 1.66. The van der Waals surface area contributed by atoms with Crippen molar-refractivity contribution in [2.45, 2.75) is 71.1 Å². The number of hydrogen-bond donors (Lipinski definition) is 2. The standard InChI is InChI=1S/C16H33N3OS.HI/c1-6-21(20)14-9-7-8-13(12-14)19-15(17-5)18-11-10-16(2,3)4;/h13-14H,6-12H2,1-5H3,(H2,17,18,19);1H. The van der Waals surface area contributed by atoms with Gasteiger partial charge < -0.3 is 10.6 Å². The summed E-state index contributed by atoms with van der Waals surface area (Å²) in [6, 6.07) is 0.403. The molecule has 0 heterocycles. The first-order chi connectivity index (χ1) is 9.85. The molecule has 0 aromatic carbocycles. The molecule has 1 aliphatic carbocycles. The third-order valence-corrected chi connectivity index (χ3v) is 5.76. The zero-order chi connectivity index (χ0) is 15.9. The number of halogens is 1. The largest absolute Gasteiger partial charge is 0.356 e. The maximum atomic E-state index is 12.0. The summed E-state index contributed by atoms with van der Waals surface area (Å²) in [6.45, 7) is 9.68. The molecule has 0 aromatic heterocycles. The summed E-state index contributed by atoms with van der Waals surface area (Å²) < 4.78 is 12.0. The lowest BCUT2D eigenvalue weighted by atomic mass is 9.92. The highest BCUT2D eigenvalue weighted by Crippen LogP contribution is 2.23. The van der Waals surface area contributed by atoms with Gasteiger partial charge >= 0.3 is 0 Å². The van der Waals surface area contributed by atoms with Crippen molar-refractivity contribution in [1.82, 2.24) is 10.6 Å². The molecule has 0 bridgehead atoms. The lowest BCUT2D eigenvalue weighted by molar-refractivity contribution is 0.374. The summed E-state index contributed by atoms with van der Waals surface area (Å²) in [5.41, 5.74) is 0.333. The van der Waals surface area contributed by atoms with Gasteiger partial charge in [0, 0.05) is 41.4 Å². The van der Waals surface area contributed by atoms with Crippen LogP contribution >= 0.6 is 24.0 Å². The van der Waals surface area contributed by atoms with E-state index in [0.717, 1.165) is 50.4 Å². The Balaban J connectivity index is 0.00000441. The summed E-state index contributed by atoms with van der Waals surface area (Å²) in [7, 11) is 1.15. The van der Waals surface area contributed by atoms with Crippen molar-refractivity contribution < 1.29 is 4.21 Å². The zero-order valence-electron chi connectivity index (χ0n) is 14.8. The van der Waals surface area contributed by atoms with Gasteiger partial charge in [-0.2, -0.15) is 0 Å². The average Bonchev–Trinajstić information content (AvgIpc) is 2.44. The normalized spacial score (nSPS) is 24.3. The highest BCUT2D eigenvalue weighted by atomic mass is 127. The lowest BCUT2D eigenvalue weighted by Gasteiger charge is -2.30. The van der Waals surface area contributed by atoms with Crippen LogP contribution in [0.5, 0.6) is 0 Å². The minimum atomic E-state index is -0.668. The van der Waals surface area contributed by atoms with Crippen LogP contribution in [-0.2, 0) is 10.8 Å². The highest BCUT2D eigenvalue weighted by molar-refractivity contribution is 14.0. The number of hydrogen-bond acceptors (Lipinski definition) is 2. The molecule has 0 amide bonds. The van der Waals surface area contributed by atoms with Crippen LogP contribution in [0.15, 0.2) is 4.99 Å². The number of nitrogens with one attached hydrogen (secondary N) is 2. The van der Waals surface area contributed by atoms with E-state index < -0.39 is 10.8 Å². The van der Waals surface area contributed by atoms with Crippen LogP contribution in [-0.4, -0.2) is 40.8 Å². The Morgan fingerprint density at radius 2 is 2.00 bits per heavy atom. The first-order valence-electron chi connectivity index (χ1n) is 8.20. The molecule has 132 valence electrons. The fourth-order valence-corrected chi connectivity index (χ4v) is 4.04. The van der Waals surface area contributed by atoms with E-state index in [1.165, 1.54) is 0 Å². The second kappa shape index (κ2) is 10.8. The van der Waals surface area contributed by atoms with Gasteiger partial charge in [0.2, 0.25) is 0 Å². The summed E-state index contributed by atoms with van der Waals surface area (Å²) >= 11 is 0. The average molecular weight is 443 g/mol. The molecule has 0 radical (unpaired) electrons. The van der Waals surface area contributed by atoms with Crippen molar-refractivity contribution in [1.29, 1.82) is 0 Å². The van der Waals surface area contributed by atoms with E-state index in [2.05, 4.69) is 36.4 Å². The van der Waals surface area contributed by atoms with E-state index in [1.54, 1.807) is 0 Å². The molecule has 1 aliphatic rings. The number of guanidine groups is 1. The van der Waals surface area contributed by atoms with Crippen molar-refractivity contribution in [3.63, 3.8) is 0 Å². The van der Waals surface area contributed by atoms with Gasteiger partial charge in [-0.3, -0.25) is 9.20 Å². The quantitative estimate of drug-likeness (QED) is 0.390. The van der Waals surface area contributed by atoms with Crippen molar-refractivity contribution in [2.24, 2.45) is 10.4 Å². The minimum Gasteiger partial charge on any atom is -0.356 e. The van der Waals surface area contributed by atoms with Crippen LogP contribution in [0.2, 0.25) is 0 Å². The van der Waals surface area contributed by atoms with Crippen molar-refractivity contribution in [3.05, 3.63) is 0 Å². The van der Waals surface area contributed by atoms with Crippen molar-refractivity contribution in [3.8, 4) is 0 Å². The Morgan fingerprint density at radius 3 is 2.55 bits per heavy atom. The van der Waals surface area contributed by atoms with Gasteiger partial charge in [0.25, 0.3) is 0 Å². The van der Waals surface area contributed by atoms with E-state index in [0.29, 0.717) is 16.7 Å². The molecule has 0 aromatic rings. The van der Waals surface area contributed by atoms with Gasteiger partial charge in [-0.1, -0.05) is 34.1 Å². The molecule has 1 saturated carbocycles. The lowest BCUT2D eigenvalue weighted by Crippen LogP contribution is -2.47. The van der Waals surface area contributed by atoms with Crippen LogP contribution in [0.4, 0.5) is 0 Å². The van der Waals surface area contributed by atoms with Crippen molar-refractivity contribution >= 4 is 40.7 Å². The number of rotatable bonds is 5. The fraction of sp³-hybridized carbons (Fsp3) is 0.938. The third kappa shape index (κ3) is 8.70. The molecule has 1 fully saturated rings. The van der Waals surface area contributed by atoms with Crippen LogP contribution in [0.25, 0.3) is 0 Å². The van der Waals surface area contributed by atoms with E-state index in [9.17, 15) is 4.21 Å². The third-order valence-electron chi connectivity index (χ3n) is 4.01. The van der Waals surface area contributed by atoms with E-state index in [-0.39, 0.29) is 24.0 Å². The van der Waals surface area contributed by atoms with E-state index in [1.807, 2.05) is 14.0 Å². The number of aliphatic imine (C=N–C) groups is 1. The molecule has 22 heavy (non-hydrogen) atoms. The molecular weight excluding hydrogens is 409 g/mol. The molecular formula is C16H34IN3OS. The highest BCUT2D eigenvalue weighted by Gasteiger charge is 2.26. The molecule has 2 N–H and O–H groups in total. The maximum absolute atomic E-state index is 12.0. The number of nitrogens with zero attached hydrogens (tertiary/aromatic N) is 1. The van der Waals surface area contributed by atoms with Gasteiger partial charge in [0.1, 0.15) is 0 Å². The van der Waals surface area contributed by atoms with Gasteiger partial charge in [0.05, 0.1) is 0 Å². The van der Waals surface area contributed by atoms with Gasteiger partial charge in [-0.25, -0.2) is 0 Å². The first-order valence-corrected chi connectivity index (χ1v) is 9.58. The summed E-state index contributed by atoms with van der Waals surface area (Å²) in [4.78, 5) is 4.31. The second-order valence-electron chi connectivity index (χ2n) is 7.11. The first kappa shape index (κ1) is 22.1. The Hall–Kier alpha value is 0.150. The fourth-order valence-electron chi connectivity index (χ4n) is 2.69. The monoisotopic (exact) mass is 443 g/mol. The molecule has 0 spiro atoms. The van der Waals surface area contributed by atoms with Crippen LogP contribution in [0, 0.1) is 5.41 Å². The SMILES string of the molecule is CCS(=O)C1CCCC(NC(=NC)NCCC(C)(C)C)C1.I. The Kier molecular flexibility index (Phi) is 10.9.